The zero-order valence-electron chi connectivity index (χ0n) is 8.45. The third-order valence-electron chi connectivity index (χ3n) is 1.98. The van der Waals surface area contributed by atoms with Crippen molar-refractivity contribution in [2.24, 2.45) is 5.73 Å². The van der Waals surface area contributed by atoms with Gasteiger partial charge in [0.2, 0.25) is 5.82 Å². The molecule has 0 aromatic carbocycles. The van der Waals surface area contributed by atoms with E-state index >= 15 is 0 Å². The van der Waals surface area contributed by atoms with E-state index in [-0.39, 0.29) is 5.89 Å². The summed E-state index contributed by atoms with van der Waals surface area (Å²) in [6.45, 7) is 0.354. The van der Waals surface area contributed by atoms with Gasteiger partial charge in [0.1, 0.15) is 18.1 Å². The molecule has 0 unspecified atom stereocenters. The topological polar surface area (TPSA) is 111 Å². The first-order valence-corrected chi connectivity index (χ1v) is 4.79. The Morgan fingerprint density at radius 2 is 2.38 bits per heavy atom. The summed E-state index contributed by atoms with van der Waals surface area (Å²) in [5, 5.41) is 13.3. The second kappa shape index (κ2) is 4.77. The van der Waals surface area contributed by atoms with Gasteiger partial charge in [-0.2, -0.15) is 4.98 Å². The van der Waals surface area contributed by atoms with Crippen molar-refractivity contribution in [2.75, 3.05) is 6.54 Å². The lowest BCUT2D eigenvalue weighted by Crippen LogP contribution is -2.06. The van der Waals surface area contributed by atoms with Crippen molar-refractivity contribution in [3.8, 4) is 11.5 Å². The van der Waals surface area contributed by atoms with Gasteiger partial charge in [0.05, 0.1) is 0 Å². The minimum Gasteiger partial charge on any atom is -0.383 e. The fourth-order valence-corrected chi connectivity index (χ4v) is 1.18. The van der Waals surface area contributed by atoms with E-state index in [1.807, 2.05) is 0 Å². The van der Waals surface area contributed by atoms with Gasteiger partial charge >= 0.3 is 0 Å². The van der Waals surface area contributed by atoms with Crippen LogP contribution in [-0.2, 0) is 0 Å². The third-order valence-corrected chi connectivity index (χ3v) is 1.98. The fourth-order valence-electron chi connectivity index (χ4n) is 1.18. The van der Waals surface area contributed by atoms with E-state index in [1.54, 1.807) is 12.3 Å². The Hall–Kier alpha value is -1.86. The van der Waals surface area contributed by atoms with Crippen LogP contribution in [-0.4, -0.2) is 31.8 Å². The van der Waals surface area contributed by atoms with Crippen molar-refractivity contribution in [3.05, 3.63) is 24.5 Å². The Bertz CT molecular complexity index is 444. The molecule has 0 bridgehead atoms. The number of hydrogen-bond donors (Lipinski definition) is 2. The molecule has 1 atom stereocenters. The molecule has 0 fully saturated rings. The Labute approximate surface area is 91.3 Å². The molecule has 84 valence electrons. The molecule has 0 saturated carbocycles. The van der Waals surface area contributed by atoms with E-state index in [4.69, 9.17) is 10.3 Å². The molecule has 2 heterocycles. The average Bonchev–Trinajstić information content (AvgIpc) is 2.80. The van der Waals surface area contributed by atoms with Crippen molar-refractivity contribution in [3.63, 3.8) is 0 Å². The lowest BCUT2D eigenvalue weighted by atomic mass is 10.2. The second-order valence-corrected chi connectivity index (χ2v) is 3.14. The van der Waals surface area contributed by atoms with Crippen molar-refractivity contribution in [1.29, 1.82) is 0 Å². The zero-order valence-corrected chi connectivity index (χ0v) is 8.45. The molecule has 2 aromatic rings. The summed E-state index contributed by atoms with van der Waals surface area (Å²) >= 11 is 0. The van der Waals surface area contributed by atoms with Crippen LogP contribution in [0, 0.1) is 0 Å². The minimum atomic E-state index is -0.826. The molecule has 7 heteroatoms. The van der Waals surface area contributed by atoms with Crippen LogP contribution in [0.15, 0.2) is 23.1 Å². The summed E-state index contributed by atoms with van der Waals surface area (Å²) in [5.74, 6) is 0.479. The molecule has 16 heavy (non-hydrogen) atoms. The van der Waals surface area contributed by atoms with E-state index < -0.39 is 6.10 Å². The number of nitrogens with zero attached hydrogens (tertiary/aromatic N) is 4. The molecule has 3 N–H and O–H groups in total. The number of rotatable bonds is 4. The summed E-state index contributed by atoms with van der Waals surface area (Å²) in [7, 11) is 0. The first-order valence-electron chi connectivity index (χ1n) is 4.79. The highest BCUT2D eigenvalue weighted by Crippen LogP contribution is 2.17. The largest absolute Gasteiger partial charge is 0.383 e. The molecule has 0 aliphatic heterocycles. The monoisotopic (exact) mass is 221 g/mol. The highest BCUT2D eigenvalue weighted by Gasteiger charge is 2.16. The lowest BCUT2D eigenvalue weighted by Gasteiger charge is -2.00. The van der Waals surface area contributed by atoms with Gasteiger partial charge in [0, 0.05) is 6.20 Å². The maximum Gasteiger partial charge on any atom is 0.255 e. The quantitative estimate of drug-likeness (QED) is 0.741. The summed E-state index contributed by atoms with van der Waals surface area (Å²) in [5.41, 5.74) is 5.86. The Balaban J connectivity index is 2.20. The molecular formula is C9H11N5O2. The number of hydrogen-bond acceptors (Lipinski definition) is 7. The van der Waals surface area contributed by atoms with Gasteiger partial charge in [-0.05, 0) is 19.0 Å². The van der Waals surface area contributed by atoms with Crippen LogP contribution in [0.1, 0.15) is 18.4 Å². The predicted molar refractivity (Wildman–Crippen MR) is 54.0 cm³/mol. The van der Waals surface area contributed by atoms with Gasteiger partial charge in [-0.1, -0.05) is 5.16 Å². The molecule has 0 amide bonds. The van der Waals surface area contributed by atoms with E-state index in [0.29, 0.717) is 24.5 Å². The Morgan fingerprint density at radius 3 is 3.06 bits per heavy atom. The molecule has 2 rings (SSSR count). The summed E-state index contributed by atoms with van der Waals surface area (Å²) in [6, 6.07) is 1.66. The normalized spacial score (nSPS) is 12.6. The third kappa shape index (κ3) is 2.20. The second-order valence-electron chi connectivity index (χ2n) is 3.14. The van der Waals surface area contributed by atoms with E-state index in [9.17, 15) is 5.11 Å². The average molecular weight is 221 g/mol. The van der Waals surface area contributed by atoms with Gasteiger partial charge in [-0.25, -0.2) is 9.97 Å². The fraction of sp³-hybridized carbons (Fsp3) is 0.333. The van der Waals surface area contributed by atoms with Crippen LogP contribution in [0.3, 0.4) is 0 Å². The van der Waals surface area contributed by atoms with Gasteiger partial charge in [0.15, 0.2) is 0 Å². The van der Waals surface area contributed by atoms with E-state index in [0.717, 1.165) is 0 Å². The van der Waals surface area contributed by atoms with Crippen molar-refractivity contribution < 1.29 is 9.63 Å². The number of aliphatic hydroxyl groups excluding tert-OH is 1. The van der Waals surface area contributed by atoms with Crippen LogP contribution in [0.5, 0.6) is 0 Å². The molecule has 0 radical (unpaired) electrons. The molecule has 7 nitrogen and oxygen atoms in total. The highest BCUT2D eigenvalue weighted by molar-refractivity contribution is 5.46. The van der Waals surface area contributed by atoms with Crippen molar-refractivity contribution in [1.82, 2.24) is 20.1 Å². The molecule has 0 aliphatic rings. The van der Waals surface area contributed by atoms with Gasteiger partial charge < -0.3 is 15.4 Å². The molecule has 0 spiro atoms. The van der Waals surface area contributed by atoms with E-state index in [1.165, 1.54) is 6.33 Å². The van der Waals surface area contributed by atoms with Crippen LogP contribution < -0.4 is 5.73 Å². The first-order chi connectivity index (χ1) is 7.81. The number of nitrogens with two attached hydrogens (primary N) is 1. The SMILES string of the molecule is NCC[C@H](O)c1nc(-c2ccncn2)no1. The maximum atomic E-state index is 9.57. The molecule has 2 aromatic heterocycles. The number of aromatic nitrogens is 4. The molecule has 0 saturated heterocycles. The molecule has 0 aliphatic carbocycles. The summed E-state index contributed by atoms with van der Waals surface area (Å²) in [6.07, 6.45) is 2.52. The lowest BCUT2D eigenvalue weighted by molar-refractivity contribution is 0.127. The van der Waals surface area contributed by atoms with Crippen molar-refractivity contribution in [2.45, 2.75) is 12.5 Å². The summed E-state index contributed by atoms with van der Waals surface area (Å²) in [4.78, 5) is 11.8. The standard InChI is InChI=1S/C9H11N5O2/c10-3-1-7(15)9-13-8(14-16-9)6-2-4-11-5-12-6/h2,4-5,7,15H,1,3,10H2/t7-/m0/s1. The van der Waals surface area contributed by atoms with Gasteiger partial charge in [-0.15, -0.1) is 0 Å². The highest BCUT2D eigenvalue weighted by atomic mass is 16.5. The van der Waals surface area contributed by atoms with Gasteiger partial charge in [0.25, 0.3) is 5.89 Å². The Kier molecular flexibility index (Phi) is 3.18. The summed E-state index contributed by atoms with van der Waals surface area (Å²) < 4.78 is 4.91. The predicted octanol–water partition coefficient (Wildman–Crippen LogP) is -0.0912. The number of aliphatic hydroxyl groups is 1. The zero-order chi connectivity index (χ0) is 11.4. The Morgan fingerprint density at radius 1 is 1.50 bits per heavy atom. The maximum absolute atomic E-state index is 9.57. The van der Waals surface area contributed by atoms with Crippen LogP contribution in [0.25, 0.3) is 11.5 Å². The van der Waals surface area contributed by atoms with Crippen LogP contribution in [0.4, 0.5) is 0 Å². The van der Waals surface area contributed by atoms with Crippen LogP contribution >= 0.6 is 0 Å². The molecular weight excluding hydrogens is 210 g/mol. The van der Waals surface area contributed by atoms with Gasteiger partial charge in [-0.3, -0.25) is 0 Å². The minimum absolute atomic E-state index is 0.152. The smallest absolute Gasteiger partial charge is 0.255 e. The first kappa shape index (κ1) is 10.7. The van der Waals surface area contributed by atoms with E-state index in [2.05, 4.69) is 20.1 Å². The van der Waals surface area contributed by atoms with Crippen molar-refractivity contribution >= 4 is 0 Å². The van der Waals surface area contributed by atoms with Crippen LogP contribution in [0.2, 0.25) is 0 Å².